The number of benzene rings is 2. The smallest absolute Gasteiger partial charge is 0.252 e. The molecule has 1 saturated carbocycles. The first-order valence-electron chi connectivity index (χ1n) is 9.67. The number of rotatable bonds is 6. The van der Waals surface area contributed by atoms with Gasteiger partial charge in [-0.25, -0.2) is 4.98 Å². The monoisotopic (exact) mass is 394 g/mol. The number of hydrogen-bond donors (Lipinski definition) is 1. The maximum Gasteiger partial charge on any atom is 0.252 e. The van der Waals surface area contributed by atoms with Crippen LogP contribution in [-0.4, -0.2) is 29.4 Å². The first-order chi connectivity index (χ1) is 13.7. The van der Waals surface area contributed by atoms with Gasteiger partial charge >= 0.3 is 0 Å². The molecule has 0 unspecified atom stereocenters. The number of carbonyl (C=O) groups excluding carboxylic acids is 1. The number of alkyl halides is 1. The van der Waals surface area contributed by atoms with E-state index in [2.05, 4.69) is 5.32 Å². The van der Waals surface area contributed by atoms with Crippen LogP contribution in [0.25, 0.3) is 22.2 Å². The van der Waals surface area contributed by atoms with E-state index in [1.165, 1.54) is 0 Å². The van der Waals surface area contributed by atoms with Gasteiger partial charge in [0.2, 0.25) is 0 Å². The van der Waals surface area contributed by atoms with Gasteiger partial charge in [-0.15, -0.1) is 11.6 Å². The number of ether oxygens (including phenoxy) is 1. The summed E-state index contributed by atoms with van der Waals surface area (Å²) in [6, 6.07) is 17.6. The number of carbonyl (C=O) groups is 1. The molecule has 144 valence electrons. The largest absolute Gasteiger partial charge is 0.494 e. The first kappa shape index (κ1) is 18.8. The lowest BCUT2D eigenvalue weighted by atomic mass is 9.81. The van der Waals surface area contributed by atoms with Gasteiger partial charge in [0, 0.05) is 22.9 Å². The number of halogens is 1. The summed E-state index contributed by atoms with van der Waals surface area (Å²) in [5, 5.41) is 4.01. The molecule has 1 aromatic heterocycles. The SMILES string of the molecule is CCOc1ccc(-c2cc(C(=O)NC3CC(CCl)C3)c3ccccc3n2)cc1. The Morgan fingerprint density at radius 1 is 1.18 bits per heavy atom. The number of fused-ring (bicyclic) bond motifs is 1. The van der Waals surface area contributed by atoms with E-state index in [-0.39, 0.29) is 11.9 Å². The van der Waals surface area contributed by atoms with Crippen LogP contribution < -0.4 is 10.1 Å². The molecule has 0 spiro atoms. The zero-order valence-corrected chi connectivity index (χ0v) is 16.6. The van der Waals surface area contributed by atoms with E-state index in [1.807, 2.05) is 61.5 Å². The second-order valence-corrected chi connectivity index (χ2v) is 7.50. The van der Waals surface area contributed by atoms with E-state index in [0.717, 1.165) is 40.8 Å². The summed E-state index contributed by atoms with van der Waals surface area (Å²) in [6.45, 7) is 2.59. The van der Waals surface area contributed by atoms with Crippen molar-refractivity contribution in [2.24, 2.45) is 5.92 Å². The molecule has 2 aromatic carbocycles. The fraction of sp³-hybridized carbons (Fsp3) is 0.304. The second-order valence-electron chi connectivity index (χ2n) is 7.19. The Morgan fingerprint density at radius 2 is 1.93 bits per heavy atom. The van der Waals surface area contributed by atoms with Crippen LogP contribution in [0.5, 0.6) is 5.75 Å². The number of nitrogens with one attached hydrogen (secondary N) is 1. The fourth-order valence-electron chi connectivity index (χ4n) is 3.64. The summed E-state index contributed by atoms with van der Waals surface area (Å²) in [6.07, 6.45) is 1.90. The van der Waals surface area contributed by atoms with Crippen LogP contribution in [0.15, 0.2) is 54.6 Å². The minimum atomic E-state index is -0.0520. The highest BCUT2D eigenvalue weighted by Gasteiger charge is 2.30. The quantitative estimate of drug-likeness (QED) is 0.595. The molecule has 0 radical (unpaired) electrons. The Balaban J connectivity index is 1.66. The summed E-state index contributed by atoms with van der Waals surface area (Å²) in [7, 11) is 0. The van der Waals surface area contributed by atoms with E-state index in [4.69, 9.17) is 21.3 Å². The Bertz CT molecular complexity index is 982. The van der Waals surface area contributed by atoms with Crippen molar-refractivity contribution in [2.45, 2.75) is 25.8 Å². The minimum absolute atomic E-state index is 0.0520. The standard InChI is InChI=1S/C23H23ClN2O2/c1-2-28-18-9-7-16(8-10-18)22-13-20(19-5-3-4-6-21(19)26-22)23(27)25-17-11-15(12-17)14-24/h3-10,13,15,17H,2,11-12,14H2,1H3,(H,25,27). The van der Waals surface area contributed by atoms with Crippen molar-refractivity contribution in [3.05, 3.63) is 60.2 Å². The summed E-state index contributed by atoms with van der Waals surface area (Å²) in [5.41, 5.74) is 3.20. The Kier molecular flexibility index (Phi) is 5.49. The highest BCUT2D eigenvalue weighted by atomic mass is 35.5. The molecule has 28 heavy (non-hydrogen) atoms. The van der Waals surface area contributed by atoms with Gasteiger partial charge in [-0.05, 0) is 62.1 Å². The van der Waals surface area contributed by atoms with Crippen molar-refractivity contribution in [1.82, 2.24) is 10.3 Å². The van der Waals surface area contributed by atoms with E-state index in [0.29, 0.717) is 24.0 Å². The molecule has 1 aliphatic rings. The molecule has 1 amide bonds. The molecule has 1 N–H and O–H groups in total. The van der Waals surface area contributed by atoms with Crippen molar-refractivity contribution in [3.63, 3.8) is 0 Å². The fourth-order valence-corrected chi connectivity index (χ4v) is 3.89. The summed E-state index contributed by atoms with van der Waals surface area (Å²) >= 11 is 5.89. The number of pyridine rings is 1. The van der Waals surface area contributed by atoms with Gasteiger partial charge in [-0.2, -0.15) is 0 Å². The van der Waals surface area contributed by atoms with Gasteiger partial charge in [-0.3, -0.25) is 4.79 Å². The molecule has 4 nitrogen and oxygen atoms in total. The highest BCUT2D eigenvalue weighted by Crippen LogP contribution is 2.30. The van der Waals surface area contributed by atoms with Crippen LogP contribution in [-0.2, 0) is 0 Å². The second kappa shape index (κ2) is 8.19. The third-order valence-corrected chi connectivity index (χ3v) is 5.65. The molecule has 1 heterocycles. The highest BCUT2D eigenvalue weighted by molar-refractivity contribution is 6.18. The van der Waals surface area contributed by atoms with E-state index in [1.54, 1.807) is 0 Å². The molecule has 0 atom stereocenters. The lowest BCUT2D eigenvalue weighted by molar-refractivity contribution is 0.0898. The maximum absolute atomic E-state index is 13.0. The first-order valence-corrected chi connectivity index (χ1v) is 10.2. The number of para-hydroxylation sites is 1. The molecule has 0 bridgehead atoms. The molecule has 5 heteroatoms. The molecule has 4 rings (SSSR count). The van der Waals surface area contributed by atoms with Crippen molar-refractivity contribution >= 4 is 28.4 Å². The van der Waals surface area contributed by atoms with Crippen LogP contribution in [0, 0.1) is 5.92 Å². The lowest BCUT2D eigenvalue weighted by Gasteiger charge is -2.34. The Morgan fingerprint density at radius 3 is 2.64 bits per heavy atom. The number of amides is 1. The molecule has 0 saturated heterocycles. The summed E-state index contributed by atoms with van der Waals surface area (Å²) in [4.78, 5) is 17.8. The molecular weight excluding hydrogens is 372 g/mol. The zero-order valence-electron chi connectivity index (χ0n) is 15.8. The predicted octanol–water partition coefficient (Wildman–Crippen LogP) is 5.05. The molecule has 1 fully saturated rings. The van der Waals surface area contributed by atoms with Crippen molar-refractivity contribution in [1.29, 1.82) is 0 Å². The van der Waals surface area contributed by atoms with Crippen molar-refractivity contribution < 1.29 is 9.53 Å². The zero-order chi connectivity index (χ0) is 19.5. The van der Waals surface area contributed by atoms with Crippen LogP contribution in [0.1, 0.15) is 30.1 Å². The van der Waals surface area contributed by atoms with E-state index < -0.39 is 0 Å². The van der Waals surface area contributed by atoms with E-state index >= 15 is 0 Å². The number of aromatic nitrogens is 1. The topological polar surface area (TPSA) is 51.2 Å². The van der Waals surface area contributed by atoms with Gasteiger partial charge in [0.15, 0.2) is 0 Å². The predicted molar refractivity (Wildman–Crippen MR) is 113 cm³/mol. The molecule has 3 aromatic rings. The van der Waals surface area contributed by atoms with Crippen LogP contribution in [0.2, 0.25) is 0 Å². The normalized spacial score (nSPS) is 18.5. The third kappa shape index (κ3) is 3.83. The van der Waals surface area contributed by atoms with Gasteiger partial charge in [0.25, 0.3) is 5.91 Å². The molecule has 0 aliphatic heterocycles. The summed E-state index contributed by atoms with van der Waals surface area (Å²) in [5.74, 6) is 1.94. The van der Waals surface area contributed by atoms with Crippen LogP contribution >= 0.6 is 11.6 Å². The van der Waals surface area contributed by atoms with Crippen molar-refractivity contribution in [2.75, 3.05) is 12.5 Å². The average Bonchev–Trinajstić information content (AvgIpc) is 2.70. The van der Waals surface area contributed by atoms with Gasteiger partial charge in [0.1, 0.15) is 5.75 Å². The lowest BCUT2D eigenvalue weighted by Crippen LogP contribution is -2.44. The molecular formula is C23H23ClN2O2. The van der Waals surface area contributed by atoms with Crippen molar-refractivity contribution in [3.8, 4) is 17.0 Å². The maximum atomic E-state index is 13.0. The number of nitrogens with zero attached hydrogens (tertiary/aromatic N) is 1. The van der Waals surface area contributed by atoms with Crippen LogP contribution in [0.3, 0.4) is 0 Å². The van der Waals surface area contributed by atoms with Gasteiger partial charge < -0.3 is 10.1 Å². The minimum Gasteiger partial charge on any atom is -0.494 e. The van der Waals surface area contributed by atoms with Gasteiger partial charge in [-0.1, -0.05) is 18.2 Å². The van der Waals surface area contributed by atoms with Crippen LogP contribution in [0.4, 0.5) is 0 Å². The van der Waals surface area contributed by atoms with Gasteiger partial charge in [0.05, 0.1) is 23.4 Å². The Labute approximate surface area is 169 Å². The molecule has 1 aliphatic carbocycles. The average molecular weight is 395 g/mol. The summed E-state index contributed by atoms with van der Waals surface area (Å²) < 4.78 is 5.52. The number of hydrogen-bond acceptors (Lipinski definition) is 3. The third-order valence-electron chi connectivity index (χ3n) is 5.21. The van der Waals surface area contributed by atoms with E-state index in [9.17, 15) is 4.79 Å². The Hall–Kier alpha value is -2.59.